The zero-order valence-corrected chi connectivity index (χ0v) is 19.6. The molecule has 4 rings (SSSR count). The van der Waals surface area contributed by atoms with E-state index in [1.807, 2.05) is 60.7 Å². The van der Waals surface area contributed by atoms with E-state index in [1.165, 1.54) is 18.7 Å². The first-order valence-electron chi connectivity index (χ1n) is 10.7. The van der Waals surface area contributed by atoms with Gasteiger partial charge in [0.2, 0.25) is 5.91 Å². The average Bonchev–Trinajstić information content (AvgIpc) is 2.89. The summed E-state index contributed by atoms with van der Waals surface area (Å²) < 4.78 is 5.93. The number of fused-ring (bicyclic) bond motifs is 1. The van der Waals surface area contributed by atoms with Crippen molar-refractivity contribution in [1.29, 1.82) is 5.26 Å². The van der Waals surface area contributed by atoms with Gasteiger partial charge in [-0.25, -0.2) is 9.69 Å². The van der Waals surface area contributed by atoms with Crippen molar-refractivity contribution >= 4 is 35.3 Å². The molecule has 2 heterocycles. The van der Waals surface area contributed by atoms with E-state index in [-0.39, 0.29) is 17.0 Å². The minimum atomic E-state index is -1.05. The van der Waals surface area contributed by atoms with E-state index in [9.17, 15) is 24.4 Å². The smallest absolute Gasteiger partial charge is 0.356 e. The fraction of sp³-hybridized carbons (Fsp3) is 0.192. The molecule has 0 aliphatic carbocycles. The van der Waals surface area contributed by atoms with Crippen LogP contribution in [0.15, 0.2) is 84.6 Å². The normalized spacial score (nSPS) is 18.8. The van der Waals surface area contributed by atoms with E-state index in [2.05, 4.69) is 6.58 Å². The van der Waals surface area contributed by atoms with Crippen LogP contribution in [0.4, 0.5) is 0 Å². The molecule has 1 fully saturated rings. The van der Waals surface area contributed by atoms with Gasteiger partial charge < -0.3 is 4.74 Å². The van der Waals surface area contributed by atoms with E-state index in [1.54, 1.807) is 6.19 Å². The van der Waals surface area contributed by atoms with Crippen LogP contribution >= 0.6 is 11.8 Å². The summed E-state index contributed by atoms with van der Waals surface area (Å²) in [5.41, 5.74) is 1.33. The standard InChI is InChI=1S/C26H21N3O5S/c1-3-20(31)19-14-35-25-22(28(15-27)16(2)30)24(32)29(25)21(19)26(33)34-23(17-10-6-4-7-11-17)18-12-8-5-9-13-18/h3-13,22-23,25H,1,14H2,2H3/t22?,25-/m0/s1. The van der Waals surface area contributed by atoms with Crippen molar-refractivity contribution < 1.29 is 23.9 Å². The third kappa shape index (κ3) is 4.36. The van der Waals surface area contributed by atoms with E-state index >= 15 is 0 Å². The Balaban J connectivity index is 1.72. The number of carbonyl (C=O) groups excluding carboxylic acids is 4. The molecule has 9 heteroatoms. The first-order chi connectivity index (χ1) is 16.9. The summed E-state index contributed by atoms with van der Waals surface area (Å²) in [5, 5.41) is 8.68. The van der Waals surface area contributed by atoms with Gasteiger partial charge in [0.25, 0.3) is 5.91 Å². The number of thioether (sulfide) groups is 1. The maximum Gasteiger partial charge on any atom is 0.356 e. The predicted octanol–water partition coefficient (Wildman–Crippen LogP) is 2.94. The Morgan fingerprint density at radius 2 is 1.71 bits per heavy atom. The topological polar surface area (TPSA) is 108 Å². The Kier molecular flexibility index (Phi) is 6.85. The van der Waals surface area contributed by atoms with Gasteiger partial charge in [0.1, 0.15) is 11.1 Å². The van der Waals surface area contributed by atoms with Gasteiger partial charge in [0.05, 0.1) is 0 Å². The minimum absolute atomic E-state index is 0.0873. The van der Waals surface area contributed by atoms with Crippen LogP contribution < -0.4 is 0 Å². The second-order valence-corrected chi connectivity index (χ2v) is 8.95. The van der Waals surface area contributed by atoms with Gasteiger partial charge in [-0.05, 0) is 17.2 Å². The number of esters is 1. The predicted molar refractivity (Wildman–Crippen MR) is 128 cm³/mol. The molecule has 0 radical (unpaired) electrons. The van der Waals surface area contributed by atoms with Crippen molar-refractivity contribution in [2.45, 2.75) is 24.4 Å². The second kappa shape index (κ2) is 9.99. The Morgan fingerprint density at radius 1 is 1.14 bits per heavy atom. The molecule has 1 saturated heterocycles. The SMILES string of the molecule is C=CC(=O)C1=C(C(=O)OC(c2ccccc2)c2ccccc2)N2C(=O)C(N(C#N)C(C)=O)[C@@H]2SC1. The summed E-state index contributed by atoms with van der Waals surface area (Å²) in [6.45, 7) is 4.69. The Bertz CT molecular complexity index is 1230. The zero-order valence-electron chi connectivity index (χ0n) is 18.8. The average molecular weight is 488 g/mol. The maximum atomic E-state index is 13.6. The van der Waals surface area contributed by atoms with Crippen LogP contribution in [0, 0.1) is 11.5 Å². The van der Waals surface area contributed by atoms with Crippen LogP contribution in [0.25, 0.3) is 0 Å². The van der Waals surface area contributed by atoms with Crippen LogP contribution in [-0.4, -0.2) is 50.5 Å². The third-order valence-corrected chi connectivity index (χ3v) is 7.04. The van der Waals surface area contributed by atoms with E-state index < -0.39 is 41.1 Å². The van der Waals surface area contributed by atoms with Crippen molar-refractivity contribution in [3.05, 3.63) is 95.7 Å². The molecule has 2 aliphatic rings. The molecule has 1 unspecified atom stereocenters. The van der Waals surface area contributed by atoms with E-state index in [0.29, 0.717) is 11.1 Å². The highest BCUT2D eigenvalue weighted by Gasteiger charge is 2.57. The maximum absolute atomic E-state index is 13.6. The highest BCUT2D eigenvalue weighted by atomic mass is 32.2. The molecular weight excluding hydrogens is 466 g/mol. The number of β-lactam (4-membered cyclic amide) rings is 1. The first kappa shape index (κ1) is 24.0. The molecule has 2 aliphatic heterocycles. The number of amides is 2. The number of allylic oxidation sites excluding steroid dienone is 1. The van der Waals surface area contributed by atoms with Crippen LogP contribution in [0.3, 0.4) is 0 Å². The van der Waals surface area contributed by atoms with Crippen LogP contribution in [-0.2, 0) is 23.9 Å². The molecule has 2 amide bonds. The van der Waals surface area contributed by atoms with Crippen LogP contribution in [0.5, 0.6) is 0 Å². The van der Waals surface area contributed by atoms with E-state index in [4.69, 9.17) is 4.74 Å². The molecule has 2 aromatic carbocycles. The molecule has 0 bridgehead atoms. The molecule has 176 valence electrons. The highest BCUT2D eigenvalue weighted by Crippen LogP contribution is 2.43. The summed E-state index contributed by atoms with van der Waals surface area (Å²) in [5.74, 6) is -2.47. The molecule has 8 nitrogen and oxygen atoms in total. The lowest BCUT2D eigenvalue weighted by Crippen LogP contribution is -2.70. The fourth-order valence-electron chi connectivity index (χ4n) is 4.08. The summed E-state index contributed by atoms with van der Waals surface area (Å²) >= 11 is 1.20. The third-order valence-electron chi connectivity index (χ3n) is 5.77. The van der Waals surface area contributed by atoms with Gasteiger partial charge >= 0.3 is 5.97 Å². The number of ether oxygens (including phenoxy) is 1. The van der Waals surface area contributed by atoms with Gasteiger partial charge in [0.15, 0.2) is 24.1 Å². The van der Waals surface area contributed by atoms with Crippen molar-refractivity contribution in [2.24, 2.45) is 0 Å². The van der Waals surface area contributed by atoms with Gasteiger partial charge in [-0.15, -0.1) is 11.8 Å². The Hall–Kier alpha value is -4.16. The lowest BCUT2D eigenvalue weighted by Gasteiger charge is -2.50. The van der Waals surface area contributed by atoms with Crippen LogP contribution in [0.2, 0.25) is 0 Å². The zero-order chi connectivity index (χ0) is 25.1. The van der Waals surface area contributed by atoms with Gasteiger partial charge in [-0.2, -0.15) is 5.26 Å². The van der Waals surface area contributed by atoms with Gasteiger partial charge in [-0.3, -0.25) is 19.3 Å². The quantitative estimate of drug-likeness (QED) is 0.194. The fourth-order valence-corrected chi connectivity index (χ4v) is 5.48. The number of hydrogen-bond acceptors (Lipinski definition) is 7. The number of carbonyl (C=O) groups is 4. The monoisotopic (exact) mass is 487 g/mol. The molecule has 35 heavy (non-hydrogen) atoms. The summed E-state index contributed by atoms with van der Waals surface area (Å²) in [4.78, 5) is 53.1. The van der Waals surface area contributed by atoms with Crippen molar-refractivity contribution in [2.75, 3.05) is 5.75 Å². The summed E-state index contributed by atoms with van der Waals surface area (Å²) in [6, 6.07) is 17.2. The number of nitrogens with zero attached hydrogens (tertiary/aromatic N) is 3. The first-order valence-corrected chi connectivity index (χ1v) is 11.8. The van der Waals surface area contributed by atoms with Crippen LogP contribution in [0.1, 0.15) is 24.2 Å². The molecule has 2 aromatic rings. The van der Waals surface area contributed by atoms with Crippen molar-refractivity contribution in [3.8, 4) is 6.19 Å². The number of rotatable bonds is 7. The van der Waals surface area contributed by atoms with Crippen molar-refractivity contribution in [1.82, 2.24) is 9.80 Å². The Morgan fingerprint density at radius 3 is 2.20 bits per heavy atom. The van der Waals surface area contributed by atoms with Gasteiger partial charge in [0, 0.05) is 18.2 Å². The lowest BCUT2D eigenvalue weighted by molar-refractivity contribution is -0.159. The second-order valence-electron chi connectivity index (χ2n) is 7.85. The van der Waals surface area contributed by atoms with E-state index in [0.717, 1.165) is 15.9 Å². The summed E-state index contributed by atoms with van der Waals surface area (Å²) in [6.07, 6.45) is 2.03. The van der Waals surface area contributed by atoms with Gasteiger partial charge in [-0.1, -0.05) is 67.2 Å². The summed E-state index contributed by atoms with van der Waals surface area (Å²) in [7, 11) is 0. The molecule has 0 saturated carbocycles. The molecule has 0 spiro atoms. The molecule has 2 atom stereocenters. The molecule has 0 N–H and O–H groups in total. The minimum Gasteiger partial charge on any atom is -0.448 e. The molecular formula is C26H21N3O5S. The number of benzene rings is 2. The number of ketones is 1. The number of nitriles is 1. The highest BCUT2D eigenvalue weighted by molar-refractivity contribution is 8.00. The largest absolute Gasteiger partial charge is 0.448 e. The van der Waals surface area contributed by atoms with Crippen molar-refractivity contribution in [3.63, 3.8) is 0 Å². The lowest BCUT2D eigenvalue weighted by atomic mass is 9.99. The molecule has 0 aromatic heterocycles. The Labute approximate surface area is 206 Å². The number of hydrogen-bond donors (Lipinski definition) is 0.